The monoisotopic (exact) mass is 479 g/mol. The molecule has 2 aliphatic heterocycles. The van der Waals surface area contributed by atoms with Crippen molar-refractivity contribution < 1.29 is 28.5 Å². The molecule has 0 radical (unpaired) electrons. The highest BCUT2D eigenvalue weighted by molar-refractivity contribution is 5.93. The maximum Gasteiger partial charge on any atom is 0.225 e. The quantitative estimate of drug-likeness (QED) is 0.485. The molecule has 3 rings (SSSR count). The van der Waals surface area contributed by atoms with Crippen LogP contribution in [0, 0.1) is 0 Å². The largest absolute Gasteiger partial charge is 0.492 e. The van der Waals surface area contributed by atoms with Gasteiger partial charge in [-0.3, -0.25) is 14.6 Å². The minimum absolute atomic E-state index is 0.0564. The van der Waals surface area contributed by atoms with Crippen LogP contribution in [0.2, 0.25) is 0 Å². The molecule has 2 aliphatic rings. The molecule has 0 aromatic heterocycles. The lowest BCUT2D eigenvalue weighted by Gasteiger charge is -2.28. The van der Waals surface area contributed by atoms with Gasteiger partial charge in [0.05, 0.1) is 32.1 Å². The Balaban J connectivity index is 1.72. The Labute approximate surface area is 203 Å². The van der Waals surface area contributed by atoms with Crippen LogP contribution < -0.4 is 14.8 Å². The van der Waals surface area contributed by atoms with Gasteiger partial charge >= 0.3 is 0 Å². The zero-order valence-electron chi connectivity index (χ0n) is 21.2. The van der Waals surface area contributed by atoms with Crippen molar-refractivity contribution in [1.82, 2.24) is 9.80 Å². The summed E-state index contributed by atoms with van der Waals surface area (Å²) in [4.78, 5) is 17.4. The molecule has 0 spiro atoms. The van der Waals surface area contributed by atoms with E-state index in [1.165, 1.54) is 0 Å². The number of rotatable bonds is 11. The minimum Gasteiger partial charge on any atom is -0.492 e. The molecule has 0 bridgehead atoms. The normalized spacial score (nSPS) is 18.0. The first-order valence-electron chi connectivity index (χ1n) is 12.2. The van der Waals surface area contributed by atoms with Crippen LogP contribution in [0.15, 0.2) is 12.1 Å². The molecule has 1 aromatic carbocycles. The summed E-state index contributed by atoms with van der Waals surface area (Å²) in [6.45, 7) is 15.1. The Morgan fingerprint density at radius 2 is 1.59 bits per heavy atom. The van der Waals surface area contributed by atoms with Crippen LogP contribution in [0.1, 0.15) is 32.8 Å². The Morgan fingerprint density at radius 3 is 2.18 bits per heavy atom. The van der Waals surface area contributed by atoms with E-state index in [0.717, 1.165) is 64.7 Å². The van der Waals surface area contributed by atoms with Crippen LogP contribution >= 0.6 is 0 Å². The molecule has 9 nitrogen and oxygen atoms in total. The average molecular weight is 480 g/mol. The Morgan fingerprint density at radius 1 is 0.971 bits per heavy atom. The molecule has 192 valence electrons. The van der Waals surface area contributed by atoms with E-state index in [-0.39, 0.29) is 18.1 Å². The lowest BCUT2D eigenvalue weighted by atomic mass is 9.85. The molecule has 0 unspecified atom stereocenters. The molecule has 1 aromatic rings. The maximum absolute atomic E-state index is 12.9. The van der Waals surface area contributed by atoms with Gasteiger partial charge in [-0.25, -0.2) is 0 Å². The van der Waals surface area contributed by atoms with Crippen molar-refractivity contribution in [3.63, 3.8) is 0 Å². The Bertz CT molecular complexity index is 771. The fourth-order valence-electron chi connectivity index (χ4n) is 4.02. The number of methoxy groups -OCH3 is 1. The van der Waals surface area contributed by atoms with Crippen molar-refractivity contribution in [3.05, 3.63) is 17.7 Å². The third-order valence-corrected chi connectivity index (χ3v) is 6.00. The summed E-state index contributed by atoms with van der Waals surface area (Å²) in [7, 11) is 1.58. The molecular formula is C25H41N3O6. The lowest BCUT2D eigenvalue weighted by Crippen LogP contribution is -2.38. The molecule has 1 amide bonds. The highest BCUT2D eigenvalue weighted by Crippen LogP contribution is 2.41. The predicted octanol–water partition coefficient (Wildman–Crippen LogP) is 2.34. The molecule has 2 heterocycles. The topological polar surface area (TPSA) is 81.7 Å². The van der Waals surface area contributed by atoms with Crippen molar-refractivity contribution in [1.29, 1.82) is 0 Å². The van der Waals surface area contributed by atoms with E-state index >= 15 is 0 Å². The number of benzene rings is 1. The van der Waals surface area contributed by atoms with Crippen molar-refractivity contribution in [2.75, 3.05) is 91.5 Å². The number of anilines is 1. The number of carbonyl (C=O) groups excluding carboxylic acids is 1. The molecule has 0 atom stereocenters. The fourth-order valence-corrected chi connectivity index (χ4v) is 4.02. The Hall–Kier alpha value is -1.91. The number of hydrogen-bond donors (Lipinski definition) is 1. The van der Waals surface area contributed by atoms with Crippen LogP contribution in [0.4, 0.5) is 5.69 Å². The van der Waals surface area contributed by atoms with Crippen molar-refractivity contribution in [2.24, 2.45) is 0 Å². The number of amides is 1. The van der Waals surface area contributed by atoms with Crippen LogP contribution in [0.5, 0.6) is 11.5 Å². The highest BCUT2D eigenvalue weighted by atomic mass is 16.7. The van der Waals surface area contributed by atoms with Gasteiger partial charge in [-0.15, -0.1) is 0 Å². The molecule has 1 N–H and O–H groups in total. The summed E-state index contributed by atoms with van der Waals surface area (Å²) < 4.78 is 28.1. The van der Waals surface area contributed by atoms with Gasteiger partial charge < -0.3 is 29.0 Å². The smallest absolute Gasteiger partial charge is 0.225 e. The SMILES string of the molecule is COCOc1c(NC(=O)CCN2CCOCC2)cc(OCCN2CCOCC2)cc1C(C)(C)C. The minimum atomic E-state index is -0.222. The van der Waals surface area contributed by atoms with E-state index in [4.69, 9.17) is 23.7 Å². The van der Waals surface area contributed by atoms with E-state index in [1.807, 2.05) is 12.1 Å². The number of ether oxygens (including phenoxy) is 5. The van der Waals surface area contributed by atoms with Gasteiger partial charge in [0.25, 0.3) is 0 Å². The third kappa shape index (κ3) is 8.39. The standard InChI is InChI=1S/C25H41N3O6/c1-25(2,3)21-17-20(33-16-11-28-9-14-32-15-10-28)18-22(24(21)34-19-30-4)26-23(29)5-6-27-7-12-31-13-8-27/h17-18H,5-16,19H2,1-4H3,(H,26,29). The van der Waals surface area contributed by atoms with Gasteiger partial charge in [0.1, 0.15) is 18.1 Å². The molecule has 0 saturated carbocycles. The highest BCUT2D eigenvalue weighted by Gasteiger charge is 2.25. The van der Waals surface area contributed by atoms with Crippen LogP contribution in [0.25, 0.3) is 0 Å². The molecular weight excluding hydrogens is 438 g/mol. The van der Waals surface area contributed by atoms with Gasteiger partial charge in [0.15, 0.2) is 6.79 Å². The zero-order valence-corrected chi connectivity index (χ0v) is 21.2. The van der Waals surface area contributed by atoms with Crippen LogP contribution in [-0.2, 0) is 24.4 Å². The molecule has 2 saturated heterocycles. The molecule has 0 aliphatic carbocycles. The summed E-state index contributed by atoms with van der Waals surface area (Å²) in [5, 5.41) is 3.07. The van der Waals surface area contributed by atoms with Gasteiger partial charge in [-0.1, -0.05) is 20.8 Å². The summed E-state index contributed by atoms with van der Waals surface area (Å²) in [6, 6.07) is 3.86. The van der Waals surface area contributed by atoms with E-state index in [1.54, 1.807) is 7.11 Å². The molecule has 2 fully saturated rings. The summed E-state index contributed by atoms with van der Waals surface area (Å²) in [5.74, 6) is 1.28. The Kier molecular flexibility index (Phi) is 10.4. The maximum atomic E-state index is 12.9. The second-order valence-electron chi connectivity index (χ2n) is 9.70. The van der Waals surface area contributed by atoms with Gasteiger partial charge in [-0.2, -0.15) is 0 Å². The number of carbonyl (C=O) groups is 1. The number of nitrogens with one attached hydrogen (secondary N) is 1. The summed E-state index contributed by atoms with van der Waals surface area (Å²) >= 11 is 0. The average Bonchev–Trinajstić information content (AvgIpc) is 2.82. The summed E-state index contributed by atoms with van der Waals surface area (Å²) in [6.07, 6.45) is 0.399. The van der Waals surface area contributed by atoms with Gasteiger partial charge in [-0.05, 0) is 11.5 Å². The lowest BCUT2D eigenvalue weighted by molar-refractivity contribution is -0.116. The third-order valence-electron chi connectivity index (χ3n) is 6.00. The first kappa shape index (κ1) is 26.7. The van der Waals surface area contributed by atoms with E-state index in [9.17, 15) is 4.79 Å². The van der Waals surface area contributed by atoms with Crippen molar-refractivity contribution >= 4 is 11.6 Å². The van der Waals surface area contributed by atoms with Crippen LogP contribution in [0.3, 0.4) is 0 Å². The molecule has 9 heteroatoms. The second kappa shape index (κ2) is 13.3. The van der Waals surface area contributed by atoms with Crippen LogP contribution in [-0.4, -0.2) is 102 Å². The van der Waals surface area contributed by atoms with E-state index in [2.05, 4.69) is 35.9 Å². The number of hydrogen-bond acceptors (Lipinski definition) is 8. The first-order valence-corrected chi connectivity index (χ1v) is 12.2. The van der Waals surface area contributed by atoms with E-state index in [0.29, 0.717) is 36.8 Å². The van der Waals surface area contributed by atoms with Gasteiger partial charge in [0.2, 0.25) is 5.91 Å². The van der Waals surface area contributed by atoms with Gasteiger partial charge in [0, 0.05) is 64.4 Å². The fraction of sp³-hybridized carbons (Fsp3) is 0.720. The predicted molar refractivity (Wildman–Crippen MR) is 131 cm³/mol. The number of nitrogens with zero attached hydrogens (tertiary/aromatic N) is 2. The zero-order chi connectivity index (χ0) is 24.4. The molecule has 34 heavy (non-hydrogen) atoms. The first-order chi connectivity index (χ1) is 16.4. The van der Waals surface area contributed by atoms with Crippen molar-refractivity contribution in [3.8, 4) is 11.5 Å². The van der Waals surface area contributed by atoms with Crippen molar-refractivity contribution in [2.45, 2.75) is 32.6 Å². The second-order valence-corrected chi connectivity index (χ2v) is 9.70. The number of morpholine rings is 2. The summed E-state index contributed by atoms with van der Waals surface area (Å²) in [5.41, 5.74) is 1.34. The van der Waals surface area contributed by atoms with E-state index < -0.39 is 0 Å².